The van der Waals surface area contributed by atoms with E-state index in [-0.39, 0.29) is 36.4 Å². The van der Waals surface area contributed by atoms with Crippen molar-refractivity contribution in [2.45, 2.75) is 51.5 Å². The molecule has 0 radical (unpaired) electrons. The van der Waals surface area contributed by atoms with Crippen LogP contribution in [0, 0.1) is 19.8 Å². The van der Waals surface area contributed by atoms with Gasteiger partial charge in [-0.05, 0) is 70.4 Å². The fraction of sp³-hybridized carbons (Fsp3) is 0.522. The van der Waals surface area contributed by atoms with Crippen LogP contribution in [0.4, 0.5) is 0 Å². The van der Waals surface area contributed by atoms with Crippen LogP contribution in [-0.2, 0) is 26.1 Å². The molecule has 1 amide bonds. The van der Waals surface area contributed by atoms with Crippen molar-refractivity contribution in [3.63, 3.8) is 0 Å². The second-order valence-electron chi connectivity index (χ2n) is 8.22. The molecule has 9 nitrogen and oxygen atoms in total. The van der Waals surface area contributed by atoms with E-state index in [1.54, 1.807) is 6.92 Å². The van der Waals surface area contributed by atoms with Crippen molar-refractivity contribution < 1.29 is 22.7 Å². The summed E-state index contributed by atoms with van der Waals surface area (Å²) in [4.78, 5) is 24.4. The topological polar surface area (TPSA) is 111 Å². The van der Waals surface area contributed by atoms with Gasteiger partial charge in [0.05, 0.1) is 22.8 Å². The maximum absolute atomic E-state index is 12.9. The molecule has 2 heterocycles. The van der Waals surface area contributed by atoms with Gasteiger partial charge < -0.3 is 10.1 Å². The third kappa shape index (κ3) is 6.20. The Kier molecular flexibility index (Phi) is 8.25. The van der Waals surface area contributed by atoms with Gasteiger partial charge in [-0.2, -0.15) is 9.40 Å². The number of carbonyl (C=O) groups is 2. The highest BCUT2D eigenvalue weighted by Crippen LogP contribution is 2.24. The Morgan fingerprint density at radius 1 is 1.15 bits per heavy atom. The van der Waals surface area contributed by atoms with E-state index < -0.39 is 16.0 Å². The molecule has 1 aliphatic heterocycles. The molecule has 0 unspecified atom stereocenters. The van der Waals surface area contributed by atoms with Gasteiger partial charge in [-0.25, -0.2) is 13.2 Å². The minimum Gasteiger partial charge on any atom is -0.462 e. The highest BCUT2D eigenvalue weighted by atomic mass is 32.2. The van der Waals surface area contributed by atoms with Crippen molar-refractivity contribution in [3.8, 4) is 0 Å². The predicted octanol–water partition coefficient (Wildman–Crippen LogP) is 2.28. The number of carbonyl (C=O) groups excluding carboxylic acids is 2. The van der Waals surface area contributed by atoms with Gasteiger partial charge in [0.2, 0.25) is 15.9 Å². The highest BCUT2D eigenvalue weighted by Gasteiger charge is 2.32. The second kappa shape index (κ2) is 10.9. The molecule has 1 N–H and O–H groups in total. The number of aromatic nitrogens is 2. The first-order valence-corrected chi connectivity index (χ1v) is 12.7. The van der Waals surface area contributed by atoms with Gasteiger partial charge >= 0.3 is 5.97 Å². The number of hydrogen-bond acceptors (Lipinski definition) is 6. The summed E-state index contributed by atoms with van der Waals surface area (Å²) in [5, 5.41) is 7.38. The van der Waals surface area contributed by atoms with Crippen LogP contribution in [0.15, 0.2) is 35.2 Å². The number of aryl methyl sites for hydroxylation is 3. The monoisotopic (exact) mass is 476 g/mol. The summed E-state index contributed by atoms with van der Waals surface area (Å²) in [6.45, 7) is 7.80. The summed E-state index contributed by atoms with van der Waals surface area (Å²) in [5.41, 5.74) is 2.39. The first kappa shape index (κ1) is 24.9. The van der Waals surface area contributed by atoms with Gasteiger partial charge in [0, 0.05) is 37.8 Å². The molecule has 10 heteroatoms. The van der Waals surface area contributed by atoms with E-state index in [0.717, 1.165) is 24.4 Å². The van der Waals surface area contributed by atoms with Gasteiger partial charge in [0.25, 0.3) is 0 Å². The number of hydrogen-bond donors (Lipinski definition) is 1. The van der Waals surface area contributed by atoms with E-state index >= 15 is 0 Å². The zero-order chi connectivity index (χ0) is 24.0. The zero-order valence-electron chi connectivity index (χ0n) is 19.4. The van der Waals surface area contributed by atoms with Crippen molar-refractivity contribution >= 4 is 21.9 Å². The number of rotatable bonds is 9. The lowest BCUT2D eigenvalue weighted by Gasteiger charge is -2.30. The average Bonchev–Trinajstić information content (AvgIpc) is 3.13. The van der Waals surface area contributed by atoms with Crippen LogP contribution in [-0.4, -0.2) is 60.6 Å². The standard InChI is InChI=1S/C23H32N4O5S/c1-4-32-23(29)20-6-8-21(9-7-20)33(30,31)26-14-10-19(11-15-26)22(28)24-12-5-13-27-18(3)16-17(2)25-27/h6-9,16,19H,4-5,10-15H2,1-3H3,(H,24,28). The molecule has 1 aromatic heterocycles. The average molecular weight is 477 g/mol. The summed E-state index contributed by atoms with van der Waals surface area (Å²) in [5.74, 6) is -0.710. The second-order valence-corrected chi connectivity index (χ2v) is 10.2. The third-order valence-electron chi connectivity index (χ3n) is 5.78. The summed E-state index contributed by atoms with van der Waals surface area (Å²) >= 11 is 0. The summed E-state index contributed by atoms with van der Waals surface area (Å²) in [6, 6.07) is 7.77. The summed E-state index contributed by atoms with van der Waals surface area (Å²) in [7, 11) is -3.68. The fourth-order valence-corrected chi connectivity index (χ4v) is 5.44. The number of piperidine rings is 1. The molecule has 0 atom stereocenters. The molecule has 0 aliphatic carbocycles. The maximum Gasteiger partial charge on any atom is 0.338 e. The van der Waals surface area contributed by atoms with Gasteiger partial charge in [-0.15, -0.1) is 0 Å². The zero-order valence-corrected chi connectivity index (χ0v) is 20.2. The van der Waals surface area contributed by atoms with Crippen molar-refractivity contribution in [2.24, 2.45) is 5.92 Å². The largest absolute Gasteiger partial charge is 0.462 e. The minimum absolute atomic E-state index is 0.0285. The van der Waals surface area contributed by atoms with Gasteiger partial charge in [0.1, 0.15) is 0 Å². The molecule has 3 rings (SSSR count). The Morgan fingerprint density at radius 3 is 2.39 bits per heavy atom. The lowest BCUT2D eigenvalue weighted by molar-refractivity contribution is -0.126. The van der Waals surface area contributed by atoms with Gasteiger partial charge in [-0.3, -0.25) is 9.48 Å². The van der Waals surface area contributed by atoms with Crippen LogP contribution in [0.2, 0.25) is 0 Å². The quantitative estimate of drug-likeness (QED) is 0.439. The highest BCUT2D eigenvalue weighted by molar-refractivity contribution is 7.89. The molecule has 1 aromatic carbocycles. The molecule has 0 bridgehead atoms. The van der Waals surface area contributed by atoms with Crippen LogP contribution >= 0.6 is 0 Å². The number of benzene rings is 1. The van der Waals surface area contributed by atoms with Crippen LogP contribution in [0.1, 0.15) is 47.9 Å². The Balaban J connectivity index is 1.46. The predicted molar refractivity (Wildman–Crippen MR) is 123 cm³/mol. The van der Waals surface area contributed by atoms with E-state index in [1.807, 2.05) is 24.6 Å². The van der Waals surface area contributed by atoms with Gasteiger partial charge in [0.15, 0.2) is 0 Å². The van der Waals surface area contributed by atoms with Crippen molar-refractivity contribution in [3.05, 3.63) is 47.3 Å². The van der Waals surface area contributed by atoms with Crippen molar-refractivity contribution in [1.29, 1.82) is 0 Å². The van der Waals surface area contributed by atoms with Crippen LogP contribution in [0.3, 0.4) is 0 Å². The lowest BCUT2D eigenvalue weighted by atomic mass is 9.97. The van der Waals surface area contributed by atoms with Gasteiger partial charge in [-0.1, -0.05) is 0 Å². The van der Waals surface area contributed by atoms with E-state index in [1.165, 1.54) is 28.6 Å². The Labute approximate surface area is 195 Å². The number of amides is 1. The first-order chi connectivity index (χ1) is 15.7. The normalized spacial score (nSPS) is 15.4. The molecule has 1 aliphatic rings. The number of esters is 1. The van der Waals surface area contributed by atoms with E-state index in [2.05, 4.69) is 10.4 Å². The Morgan fingerprint density at radius 2 is 1.82 bits per heavy atom. The maximum atomic E-state index is 12.9. The molecule has 180 valence electrons. The Bertz CT molecular complexity index is 1070. The molecule has 0 spiro atoms. The molecule has 0 saturated carbocycles. The van der Waals surface area contributed by atoms with E-state index in [4.69, 9.17) is 4.74 Å². The smallest absolute Gasteiger partial charge is 0.338 e. The minimum atomic E-state index is -3.68. The number of nitrogens with one attached hydrogen (secondary N) is 1. The van der Waals surface area contributed by atoms with E-state index in [0.29, 0.717) is 24.9 Å². The third-order valence-corrected chi connectivity index (χ3v) is 7.69. The first-order valence-electron chi connectivity index (χ1n) is 11.3. The van der Waals surface area contributed by atoms with Crippen molar-refractivity contribution in [2.75, 3.05) is 26.2 Å². The summed E-state index contributed by atoms with van der Waals surface area (Å²) < 4.78 is 34.2. The number of sulfonamides is 1. The molecule has 1 saturated heterocycles. The lowest BCUT2D eigenvalue weighted by Crippen LogP contribution is -2.43. The SMILES string of the molecule is CCOC(=O)c1ccc(S(=O)(=O)N2CCC(C(=O)NCCCn3nc(C)cc3C)CC2)cc1. The summed E-state index contributed by atoms with van der Waals surface area (Å²) in [6.07, 6.45) is 1.73. The molecule has 2 aromatic rings. The molecular weight excluding hydrogens is 444 g/mol. The molecule has 1 fully saturated rings. The number of nitrogens with zero attached hydrogens (tertiary/aromatic N) is 3. The molecular formula is C23H32N4O5S. The van der Waals surface area contributed by atoms with Crippen molar-refractivity contribution in [1.82, 2.24) is 19.4 Å². The molecule has 33 heavy (non-hydrogen) atoms. The van der Waals surface area contributed by atoms with Crippen LogP contribution in [0.25, 0.3) is 0 Å². The van der Waals surface area contributed by atoms with Crippen LogP contribution in [0.5, 0.6) is 0 Å². The van der Waals surface area contributed by atoms with Crippen LogP contribution < -0.4 is 5.32 Å². The van der Waals surface area contributed by atoms with E-state index in [9.17, 15) is 18.0 Å². The fourth-order valence-electron chi connectivity index (χ4n) is 3.97. The number of ether oxygens (including phenoxy) is 1. The Hall–Kier alpha value is -2.72.